The fourth-order valence-electron chi connectivity index (χ4n) is 6.55. The van der Waals surface area contributed by atoms with Gasteiger partial charge in [0.25, 0.3) is 0 Å². The number of aromatic amines is 1. The van der Waals surface area contributed by atoms with E-state index in [0.717, 1.165) is 60.3 Å². The molecule has 1 aliphatic rings. The van der Waals surface area contributed by atoms with E-state index in [4.69, 9.17) is 19.9 Å². The zero-order valence-electron chi connectivity index (χ0n) is 24.2. The number of rotatable bonds is 9. The number of benzene rings is 3. The van der Waals surface area contributed by atoms with Crippen molar-refractivity contribution in [2.45, 2.75) is 32.1 Å². The number of aliphatic hydroxyl groups excluding tert-OH is 1. The van der Waals surface area contributed by atoms with Crippen LogP contribution < -0.4 is 19.9 Å². The molecule has 216 valence electrons. The molecule has 4 N–H and O–H groups in total. The van der Waals surface area contributed by atoms with Crippen molar-refractivity contribution in [3.63, 3.8) is 0 Å². The van der Waals surface area contributed by atoms with Crippen LogP contribution >= 0.6 is 11.3 Å². The molecular weight excluding hydrogens is 548 g/mol. The lowest BCUT2D eigenvalue weighted by molar-refractivity contribution is 0.100. The highest BCUT2D eigenvalue weighted by molar-refractivity contribution is 7.13. The Morgan fingerprint density at radius 2 is 1.76 bits per heavy atom. The van der Waals surface area contributed by atoms with Gasteiger partial charge in [0.05, 0.1) is 27.9 Å². The van der Waals surface area contributed by atoms with Gasteiger partial charge in [-0.25, -0.2) is 0 Å². The van der Waals surface area contributed by atoms with E-state index >= 15 is 0 Å². The van der Waals surface area contributed by atoms with E-state index in [9.17, 15) is 9.90 Å². The maximum atomic E-state index is 13.2. The van der Waals surface area contributed by atoms with Crippen LogP contribution in [0.1, 0.15) is 44.1 Å². The van der Waals surface area contributed by atoms with Gasteiger partial charge in [-0.15, -0.1) is 11.3 Å². The minimum atomic E-state index is -0.509. The summed E-state index contributed by atoms with van der Waals surface area (Å²) in [5, 5.41) is 14.2. The molecule has 2 heterocycles. The van der Waals surface area contributed by atoms with Crippen LogP contribution in [0, 0.1) is 6.92 Å². The van der Waals surface area contributed by atoms with E-state index in [1.165, 1.54) is 0 Å². The smallest absolute Gasteiger partial charge is 0.249 e. The van der Waals surface area contributed by atoms with Gasteiger partial charge in [0.2, 0.25) is 11.7 Å². The molecule has 7 nitrogen and oxygen atoms in total. The number of nitrogens with one attached hydrogen (secondary N) is 1. The fraction of sp³-hybridized carbons (Fsp3) is 0.265. The molecule has 1 amide bonds. The molecular formula is C34H34N2O5S. The summed E-state index contributed by atoms with van der Waals surface area (Å²) in [4.78, 5) is 17.6. The van der Waals surface area contributed by atoms with Crippen molar-refractivity contribution in [1.82, 2.24) is 4.98 Å². The number of carbonyl (C=O) groups excluding carboxylic acids is 1. The number of hydrogen-bond acceptors (Lipinski definition) is 6. The number of para-hydroxylation sites is 1. The van der Waals surface area contributed by atoms with Crippen LogP contribution in [0.3, 0.4) is 0 Å². The summed E-state index contributed by atoms with van der Waals surface area (Å²) in [6.07, 6.45) is 4.01. The van der Waals surface area contributed by atoms with Gasteiger partial charge in [0, 0.05) is 44.6 Å². The van der Waals surface area contributed by atoms with Crippen molar-refractivity contribution in [3.8, 4) is 38.8 Å². The number of hydrogen-bond donors (Lipinski definition) is 3. The number of carbonyl (C=O) groups is 1. The van der Waals surface area contributed by atoms with Crippen LogP contribution in [-0.2, 0) is 19.3 Å². The normalized spacial score (nSPS) is 13.0. The summed E-state index contributed by atoms with van der Waals surface area (Å²) >= 11 is 1.59. The zero-order valence-corrected chi connectivity index (χ0v) is 25.0. The lowest BCUT2D eigenvalue weighted by atomic mass is 9.74. The lowest BCUT2D eigenvalue weighted by Crippen LogP contribution is -2.21. The van der Waals surface area contributed by atoms with E-state index in [2.05, 4.69) is 23.2 Å². The Hall–Kier alpha value is -4.27. The molecule has 0 saturated heterocycles. The van der Waals surface area contributed by atoms with Gasteiger partial charge in [-0.2, -0.15) is 0 Å². The Labute approximate surface area is 248 Å². The molecule has 0 spiro atoms. The first-order valence-corrected chi connectivity index (χ1v) is 14.8. The van der Waals surface area contributed by atoms with Crippen LogP contribution in [-0.4, -0.2) is 43.9 Å². The molecule has 42 heavy (non-hydrogen) atoms. The molecule has 1 aliphatic carbocycles. The lowest BCUT2D eigenvalue weighted by Gasteiger charge is -2.31. The molecule has 0 fully saturated rings. The molecule has 0 unspecified atom stereocenters. The summed E-state index contributed by atoms with van der Waals surface area (Å²) in [5.74, 6) is 0.910. The fourth-order valence-corrected chi connectivity index (χ4v) is 7.55. The van der Waals surface area contributed by atoms with Crippen molar-refractivity contribution in [2.24, 2.45) is 5.73 Å². The standard InChI is InChI=1S/C34H34N2O5S/c1-18-11-12-42-33(18)30-26(34(35)38)14-24-22(9-10-23-25(24)15-28(39-2)32(41-4)31(23)40-3)29(30)20(17-37)13-19-16-36-27-8-6-5-7-21(19)27/h5-8,11-12,14-16,20,36-37H,9-10,13,17H2,1-4H3,(H2,35,38)/t20-/m0/s1. The number of ether oxygens (including phenoxy) is 3. The van der Waals surface area contributed by atoms with Gasteiger partial charge in [0.15, 0.2) is 11.5 Å². The molecule has 1 atom stereocenters. The maximum Gasteiger partial charge on any atom is 0.249 e. The van der Waals surface area contributed by atoms with E-state index in [-0.39, 0.29) is 12.5 Å². The number of aryl methyl sites for hydroxylation is 1. The van der Waals surface area contributed by atoms with Crippen LogP contribution in [0.4, 0.5) is 0 Å². The second kappa shape index (κ2) is 11.2. The predicted molar refractivity (Wildman–Crippen MR) is 167 cm³/mol. The monoisotopic (exact) mass is 582 g/mol. The Balaban J connectivity index is 1.66. The number of thiophene rings is 1. The Morgan fingerprint density at radius 3 is 2.43 bits per heavy atom. The van der Waals surface area contributed by atoms with Gasteiger partial charge < -0.3 is 30.0 Å². The summed E-state index contributed by atoms with van der Waals surface area (Å²) in [7, 11) is 4.82. The summed E-state index contributed by atoms with van der Waals surface area (Å²) < 4.78 is 17.2. The number of fused-ring (bicyclic) bond motifs is 4. The number of nitrogens with two attached hydrogens (primary N) is 1. The second-order valence-corrected chi connectivity index (χ2v) is 11.6. The molecule has 5 aromatic rings. The van der Waals surface area contributed by atoms with Gasteiger partial charge in [-0.3, -0.25) is 4.79 Å². The molecule has 2 aromatic heterocycles. The molecule has 3 aromatic carbocycles. The quantitative estimate of drug-likeness (QED) is 0.186. The first-order chi connectivity index (χ1) is 20.4. The highest BCUT2D eigenvalue weighted by Gasteiger charge is 2.33. The number of H-pyrrole nitrogens is 1. The van der Waals surface area contributed by atoms with Gasteiger partial charge in [0.1, 0.15) is 0 Å². The van der Waals surface area contributed by atoms with Crippen molar-refractivity contribution in [1.29, 1.82) is 0 Å². The summed E-state index contributed by atoms with van der Waals surface area (Å²) in [6.45, 7) is 1.96. The third-order valence-electron chi connectivity index (χ3n) is 8.45. The number of primary amides is 1. The van der Waals surface area contributed by atoms with Crippen LogP contribution in [0.25, 0.3) is 32.5 Å². The topological polar surface area (TPSA) is 107 Å². The Morgan fingerprint density at radius 1 is 1.02 bits per heavy atom. The van der Waals surface area contributed by atoms with Crippen molar-refractivity contribution >= 4 is 28.1 Å². The molecule has 0 radical (unpaired) electrons. The Kier molecular flexibility index (Phi) is 7.43. The maximum absolute atomic E-state index is 13.2. The first-order valence-electron chi connectivity index (χ1n) is 13.9. The zero-order chi connectivity index (χ0) is 29.5. The molecule has 8 heteroatoms. The van der Waals surface area contributed by atoms with Crippen molar-refractivity contribution in [3.05, 3.63) is 87.4 Å². The number of aromatic nitrogens is 1. The van der Waals surface area contributed by atoms with Crippen molar-refractivity contribution in [2.75, 3.05) is 27.9 Å². The van der Waals surface area contributed by atoms with Gasteiger partial charge in [-0.1, -0.05) is 18.2 Å². The largest absolute Gasteiger partial charge is 0.493 e. The summed E-state index contributed by atoms with van der Waals surface area (Å²) in [6, 6.07) is 14.1. The third-order valence-corrected chi connectivity index (χ3v) is 9.48. The minimum Gasteiger partial charge on any atom is -0.493 e. The predicted octanol–water partition coefficient (Wildman–Crippen LogP) is 6.41. The van der Waals surface area contributed by atoms with Crippen LogP contribution in [0.2, 0.25) is 0 Å². The average molecular weight is 583 g/mol. The summed E-state index contributed by atoms with van der Waals surface area (Å²) in [5.41, 5.74) is 15.5. The second-order valence-electron chi connectivity index (χ2n) is 10.7. The number of aliphatic hydroxyl groups is 1. The van der Waals surface area contributed by atoms with E-state index in [1.54, 1.807) is 32.7 Å². The third kappa shape index (κ3) is 4.42. The van der Waals surface area contributed by atoms with E-state index in [0.29, 0.717) is 42.1 Å². The number of amides is 1. The van der Waals surface area contributed by atoms with Crippen LogP contribution in [0.5, 0.6) is 17.2 Å². The minimum absolute atomic E-state index is 0.0896. The first kappa shape index (κ1) is 27.9. The Bertz CT molecular complexity index is 1820. The molecule has 0 saturated carbocycles. The molecule has 0 aliphatic heterocycles. The van der Waals surface area contributed by atoms with Gasteiger partial charge in [-0.05, 0) is 89.2 Å². The average Bonchev–Trinajstić information content (AvgIpc) is 3.63. The van der Waals surface area contributed by atoms with Gasteiger partial charge >= 0.3 is 0 Å². The van der Waals surface area contributed by atoms with E-state index in [1.807, 2.05) is 42.8 Å². The molecule has 6 rings (SSSR count). The molecule has 0 bridgehead atoms. The van der Waals surface area contributed by atoms with E-state index < -0.39 is 5.91 Å². The number of methoxy groups -OCH3 is 3. The highest BCUT2D eigenvalue weighted by atomic mass is 32.1. The highest BCUT2D eigenvalue weighted by Crippen LogP contribution is 2.52. The SMILES string of the molecule is COc1cc2c(c(OC)c1OC)CCc1c-2cc(C(N)=O)c(-c2sccc2C)c1[C@H](CO)Cc1c[nH]c2ccccc12. The van der Waals surface area contributed by atoms with Crippen molar-refractivity contribution < 1.29 is 24.1 Å². The van der Waals surface area contributed by atoms with Crippen LogP contribution in [0.15, 0.2) is 54.0 Å².